The van der Waals surface area contributed by atoms with Crippen LogP contribution >= 0.6 is 0 Å². The highest BCUT2D eigenvalue weighted by molar-refractivity contribution is 5.38. The van der Waals surface area contributed by atoms with E-state index in [4.69, 9.17) is 4.74 Å². The molecular formula is C16H26N2O. The lowest BCUT2D eigenvalue weighted by Crippen LogP contribution is -2.29. The van der Waals surface area contributed by atoms with Crippen molar-refractivity contribution < 1.29 is 4.74 Å². The van der Waals surface area contributed by atoms with Crippen LogP contribution in [0.15, 0.2) is 18.2 Å². The second-order valence-electron chi connectivity index (χ2n) is 5.35. The molecule has 0 bridgehead atoms. The minimum Gasteiger partial charge on any atom is -0.493 e. The number of hydrogen-bond donors (Lipinski definition) is 1. The largest absolute Gasteiger partial charge is 0.493 e. The average molecular weight is 262 g/mol. The highest BCUT2D eigenvalue weighted by Crippen LogP contribution is 2.20. The normalized spacial score (nSPS) is 17.2. The molecule has 1 aromatic rings. The fraction of sp³-hybridized carbons (Fsp3) is 0.625. The molecule has 2 rings (SSSR count). The second kappa shape index (κ2) is 7.51. The van der Waals surface area contributed by atoms with Crippen LogP contribution in [0.4, 0.5) is 0 Å². The summed E-state index contributed by atoms with van der Waals surface area (Å²) >= 11 is 0. The van der Waals surface area contributed by atoms with Gasteiger partial charge >= 0.3 is 0 Å². The Labute approximate surface area is 116 Å². The first-order valence-corrected chi connectivity index (χ1v) is 7.39. The van der Waals surface area contributed by atoms with Crippen molar-refractivity contribution in [2.24, 2.45) is 0 Å². The topological polar surface area (TPSA) is 24.5 Å². The Bertz CT molecular complexity index is 384. The third-order valence-electron chi connectivity index (χ3n) is 3.86. The number of nitrogens with one attached hydrogen (secondary N) is 1. The maximum Gasteiger partial charge on any atom is 0.122 e. The molecule has 3 heteroatoms. The van der Waals surface area contributed by atoms with Crippen LogP contribution in [0.3, 0.4) is 0 Å². The number of hydrogen-bond acceptors (Lipinski definition) is 3. The average Bonchev–Trinajstić information content (AvgIpc) is 2.68. The van der Waals surface area contributed by atoms with Gasteiger partial charge in [-0.25, -0.2) is 0 Å². The van der Waals surface area contributed by atoms with E-state index in [9.17, 15) is 0 Å². The molecular weight excluding hydrogens is 236 g/mol. The predicted molar refractivity (Wildman–Crippen MR) is 80.0 cm³/mol. The number of aryl methyl sites for hydroxylation is 1. The van der Waals surface area contributed by atoms with Gasteiger partial charge < -0.3 is 15.0 Å². The Morgan fingerprint density at radius 3 is 3.00 bits per heavy atom. The molecule has 3 nitrogen and oxygen atoms in total. The summed E-state index contributed by atoms with van der Waals surface area (Å²) in [5.74, 6) is 1.04. The molecule has 1 aliphatic rings. The van der Waals surface area contributed by atoms with Crippen molar-refractivity contribution in [3.05, 3.63) is 29.3 Å². The van der Waals surface area contributed by atoms with Gasteiger partial charge in [-0.15, -0.1) is 0 Å². The van der Waals surface area contributed by atoms with E-state index in [1.165, 1.54) is 30.6 Å². The summed E-state index contributed by atoms with van der Waals surface area (Å²) < 4.78 is 5.90. The van der Waals surface area contributed by atoms with Gasteiger partial charge in [-0.05, 0) is 57.0 Å². The lowest BCUT2D eigenvalue weighted by Gasteiger charge is -2.19. The predicted octanol–water partition coefficient (Wildman–Crippen LogP) is 2.37. The maximum absolute atomic E-state index is 5.90. The minimum absolute atomic E-state index is 0.814. The minimum atomic E-state index is 0.814. The molecule has 0 spiro atoms. The van der Waals surface area contributed by atoms with Crippen molar-refractivity contribution in [3.8, 4) is 5.75 Å². The molecule has 0 radical (unpaired) electrons. The van der Waals surface area contributed by atoms with E-state index in [0.717, 1.165) is 38.4 Å². The van der Waals surface area contributed by atoms with Crippen molar-refractivity contribution in [2.75, 3.05) is 39.3 Å². The van der Waals surface area contributed by atoms with E-state index in [-0.39, 0.29) is 0 Å². The van der Waals surface area contributed by atoms with Crippen molar-refractivity contribution in [2.45, 2.75) is 26.7 Å². The van der Waals surface area contributed by atoms with Gasteiger partial charge in [-0.2, -0.15) is 0 Å². The van der Waals surface area contributed by atoms with Crippen LogP contribution in [-0.2, 0) is 0 Å². The lowest BCUT2D eigenvalue weighted by molar-refractivity contribution is 0.243. The van der Waals surface area contributed by atoms with Gasteiger partial charge in [0.1, 0.15) is 5.75 Å². The van der Waals surface area contributed by atoms with Gasteiger partial charge in [-0.1, -0.05) is 12.1 Å². The van der Waals surface area contributed by atoms with E-state index in [0.29, 0.717) is 0 Å². The molecule has 1 saturated heterocycles. The van der Waals surface area contributed by atoms with Crippen molar-refractivity contribution in [3.63, 3.8) is 0 Å². The molecule has 0 aromatic heterocycles. The summed E-state index contributed by atoms with van der Waals surface area (Å²) in [5, 5.41) is 3.43. The molecule has 0 aliphatic carbocycles. The van der Waals surface area contributed by atoms with E-state index in [2.05, 4.69) is 42.3 Å². The van der Waals surface area contributed by atoms with Gasteiger partial charge in [0.2, 0.25) is 0 Å². The highest BCUT2D eigenvalue weighted by atomic mass is 16.5. The van der Waals surface area contributed by atoms with Crippen LogP contribution in [0.25, 0.3) is 0 Å². The molecule has 0 saturated carbocycles. The molecule has 0 atom stereocenters. The van der Waals surface area contributed by atoms with Crippen molar-refractivity contribution >= 4 is 0 Å². The Hall–Kier alpha value is -1.06. The summed E-state index contributed by atoms with van der Waals surface area (Å²) in [6.07, 6.45) is 2.37. The van der Waals surface area contributed by atoms with Crippen molar-refractivity contribution in [1.29, 1.82) is 0 Å². The molecule has 0 amide bonds. The number of nitrogens with zero attached hydrogens (tertiary/aromatic N) is 1. The molecule has 1 N–H and O–H groups in total. The van der Waals surface area contributed by atoms with Crippen LogP contribution in [0.1, 0.15) is 24.0 Å². The number of rotatable bonds is 5. The quantitative estimate of drug-likeness (QED) is 0.825. The monoisotopic (exact) mass is 262 g/mol. The van der Waals surface area contributed by atoms with Crippen LogP contribution < -0.4 is 10.1 Å². The molecule has 1 fully saturated rings. The van der Waals surface area contributed by atoms with Crippen LogP contribution in [0, 0.1) is 13.8 Å². The van der Waals surface area contributed by atoms with Gasteiger partial charge in [0, 0.05) is 19.6 Å². The van der Waals surface area contributed by atoms with E-state index < -0.39 is 0 Å². The summed E-state index contributed by atoms with van der Waals surface area (Å²) in [6.45, 7) is 10.9. The second-order valence-corrected chi connectivity index (χ2v) is 5.35. The summed E-state index contributed by atoms with van der Waals surface area (Å²) in [4.78, 5) is 2.53. The lowest BCUT2D eigenvalue weighted by atomic mass is 10.1. The smallest absolute Gasteiger partial charge is 0.122 e. The molecule has 1 aromatic carbocycles. The first-order valence-electron chi connectivity index (χ1n) is 7.39. The number of benzene rings is 1. The van der Waals surface area contributed by atoms with Crippen LogP contribution in [0.5, 0.6) is 5.75 Å². The first-order chi connectivity index (χ1) is 9.27. The van der Waals surface area contributed by atoms with Gasteiger partial charge in [0.15, 0.2) is 0 Å². The van der Waals surface area contributed by atoms with Gasteiger partial charge in [0.25, 0.3) is 0 Å². The third-order valence-corrected chi connectivity index (χ3v) is 3.86. The molecule has 19 heavy (non-hydrogen) atoms. The summed E-state index contributed by atoms with van der Waals surface area (Å²) in [5.41, 5.74) is 2.57. The van der Waals surface area contributed by atoms with E-state index in [1.54, 1.807) is 0 Å². The van der Waals surface area contributed by atoms with E-state index >= 15 is 0 Å². The maximum atomic E-state index is 5.90. The number of ether oxygens (including phenoxy) is 1. The van der Waals surface area contributed by atoms with Gasteiger partial charge in [-0.3, -0.25) is 0 Å². The SMILES string of the molecule is Cc1cccc(OCCCN2CCCNCC2)c1C. The third kappa shape index (κ3) is 4.51. The Morgan fingerprint density at radius 2 is 2.11 bits per heavy atom. The summed E-state index contributed by atoms with van der Waals surface area (Å²) in [7, 11) is 0. The fourth-order valence-electron chi connectivity index (χ4n) is 2.48. The first kappa shape index (κ1) is 14.4. The zero-order chi connectivity index (χ0) is 13.5. The Balaban J connectivity index is 1.70. The molecule has 1 heterocycles. The standard InChI is InChI=1S/C16H26N2O/c1-14-6-3-7-16(15(14)2)19-13-5-11-18-10-4-8-17-9-12-18/h3,6-7,17H,4-5,8-13H2,1-2H3. The zero-order valence-corrected chi connectivity index (χ0v) is 12.2. The Morgan fingerprint density at radius 1 is 1.21 bits per heavy atom. The van der Waals surface area contributed by atoms with Gasteiger partial charge in [0.05, 0.1) is 6.61 Å². The van der Waals surface area contributed by atoms with Crippen LogP contribution in [-0.4, -0.2) is 44.2 Å². The zero-order valence-electron chi connectivity index (χ0n) is 12.2. The van der Waals surface area contributed by atoms with Crippen molar-refractivity contribution in [1.82, 2.24) is 10.2 Å². The summed E-state index contributed by atoms with van der Waals surface area (Å²) in [6, 6.07) is 6.27. The Kier molecular flexibility index (Phi) is 5.67. The van der Waals surface area contributed by atoms with E-state index in [1.807, 2.05) is 0 Å². The highest BCUT2D eigenvalue weighted by Gasteiger charge is 2.08. The fourth-order valence-corrected chi connectivity index (χ4v) is 2.48. The molecule has 1 aliphatic heterocycles. The molecule has 106 valence electrons. The molecule has 0 unspecified atom stereocenters. The van der Waals surface area contributed by atoms with Crippen LogP contribution in [0.2, 0.25) is 0 Å².